The van der Waals surface area contributed by atoms with Gasteiger partial charge in [-0.05, 0) is 0 Å². The van der Waals surface area contributed by atoms with Gasteiger partial charge in [-0.3, -0.25) is 4.79 Å². The number of carbonyl (C=O) groups is 3. The maximum Gasteiger partial charge on any atom is 0.384 e. The van der Waals surface area contributed by atoms with Crippen molar-refractivity contribution >= 4 is 17.7 Å². The summed E-state index contributed by atoms with van der Waals surface area (Å²) < 4.78 is 0. The Morgan fingerprint density at radius 2 is 1.11 bits per heavy atom. The van der Waals surface area contributed by atoms with Gasteiger partial charge in [0.2, 0.25) is 0 Å². The average Bonchev–Trinajstić information content (AvgIpc) is 1.64. The van der Waals surface area contributed by atoms with E-state index in [0.29, 0.717) is 0 Å². The molecule has 1 radical (unpaired) electrons. The van der Waals surface area contributed by atoms with Crippen molar-refractivity contribution in [2.24, 2.45) is 0 Å². The molecule has 0 amide bonds. The summed E-state index contributed by atoms with van der Waals surface area (Å²) in [4.78, 5) is 28.5. The maximum absolute atomic E-state index is 9.64. The first-order valence-electron chi connectivity index (χ1n) is 1.56. The van der Waals surface area contributed by atoms with E-state index in [2.05, 4.69) is 0 Å². The van der Waals surface area contributed by atoms with Crippen molar-refractivity contribution in [2.45, 2.75) is 0 Å². The minimum Gasteiger partial charge on any atom is -0.475 e. The van der Waals surface area contributed by atoms with Crippen molar-refractivity contribution in [3.05, 3.63) is 0 Å². The topological polar surface area (TPSA) is 91.7 Å². The number of hydrogen-bond acceptors (Lipinski definition) is 3. The van der Waals surface area contributed by atoms with Crippen LogP contribution in [0.4, 0.5) is 0 Å². The molecule has 0 rings (SSSR count). The van der Waals surface area contributed by atoms with Crippen LogP contribution in [0, 0.1) is 0 Å². The number of carboxylic acid groups (broad SMARTS) is 2. The summed E-state index contributed by atoms with van der Waals surface area (Å²) in [6.45, 7) is 0. The average molecular weight is 211 g/mol. The van der Waals surface area contributed by atoms with Crippen LogP contribution in [0.1, 0.15) is 0 Å². The minimum absolute atomic E-state index is 0. The molecule has 0 saturated heterocycles. The molecule has 5 nitrogen and oxygen atoms in total. The predicted octanol–water partition coefficient (Wildman–Crippen LogP) is -1.28. The number of rotatable bonds is 2. The Bertz CT molecular complexity index is 134. The summed E-state index contributed by atoms with van der Waals surface area (Å²) in [6.07, 6.45) is 0. The van der Waals surface area contributed by atoms with Gasteiger partial charge in [0.15, 0.2) is 0 Å². The van der Waals surface area contributed by atoms with Crippen LogP contribution in [0.3, 0.4) is 0 Å². The van der Waals surface area contributed by atoms with Gasteiger partial charge in [0, 0.05) is 22.4 Å². The molecule has 0 heterocycles. The third-order valence-corrected chi connectivity index (χ3v) is 0.388. The van der Waals surface area contributed by atoms with Crippen LogP contribution in [-0.4, -0.2) is 27.9 Å². The van der Waals surface area contributed by atoms with Crippen molar-refractivity contribution in [3.8, 4) is 0 Å². The van der Waals surface area contributed by atoms with Crippen LogP contribution in [0.5, 0.6) is 0 Å². The molecule has 0 atom stereocenters. The van der Waals surface area contributed by atoms with Gasteiger partial charge < -0.3 is 10.2 Å². The van der Waals surface area contributed by atoms with Crippen molar-refractivity contribution < 1.29 is 47.0 Å². The Hall–Kier alpha value is -0.650. The normalized spacial score (nSPS) is 7.11. The zero-order chi connectivity index (χ0) is 6.73. The molecule has 0 aliphatic carbocycles. The Kier molecular flexibility index (Phi) is 5.28. The SMILES string of the molecule is O=C(O)C(=O)C(=O)O.[Nb]. The summed E-state index contributed by atoms with van der Waals surface area (Å²) in [5.41, 5.74) is 0. The van der Waals surface area contributed by atoms with Gasteiger partial charge in [-0.2, -0.15) is 0 Å². The number of ketones is 1. The smallest absolute Gasteiger partial charge is 0.384 e. The fourth-order valence-electron chi connectivity index (χ4n) is 0.0915. The largest absolute Gasteiger partial charge is 0.475 e. The Morgan fingerprint density at radius 3 is 1.11 bits per heavy atom. The van der Waals surface area contributed by atoms with Crippen molar-refractivity contribution in [2.75, 3.05) is 0 Å². The third-order valence-electron chi connectivity index (χ3n) is 0.388. The standard InChI is InChI=1S/C3H2O5.Nb/c4-1(2(5)6)3(7)8;/h(H,5,6)(H,7,8);. The van der Waals surface area contributed by atoms with Crippen LogP contribution < -0.4 is 0 Å². The first-order chi connectivity index (χ1) is 3.55. The first-order valence-corrected chi connectivity index (χ1v) is 1.56. The first kappa shape index (κ1) is 11.2. The molecular weight excluding hydrogens is 209 g/mol. The van der Waals surface area contributed by atoms with Gasteiger partial charge >= 0.3 is 17.7 Å². The summed E-state index contributed by atoms with van der Waals surface area (Å²) in [6, 6.07) is 0. The molecule has 0 aromatic heterocycles. The fraction of sp³-hybridized carbons (Fsp3) is 0. The number of aliphatic carboxylic acids is 2. The number of carbonyl (C=O) groups excluding carboxylic acids is 1. The van der Waals surface area contributed by atoms with E-state index in [9.17, 15) is 14.4 Å². The van der Waals surface area contributed by atoms with Crippen molar-refractivity contribution in [1.29, 1.82) is 0 Å². The molecule has 0 bridgehead atoms. The van der Waals surface area contributed by atoms with E-state index in [1.807, 2.05) is 0 Å². The van der Waals surface area contributed by atoms with Crippen LogP contribution >= 0.6 is 0 Å². The Morgan fingerprint density at radius 1 is 0.889 bits per heavy atom. The fourth-order valence-corrected chi connectivity index (χ4v) is 0.0915. The van der Waals surface area contributed by atoms with Crippen LogP contribution in [-0.2, 0) is 36.8 Å². The third kappa shape index (κ3) is 3.89. The number of Topliss-reactive ketones (excluding diaryl/α,β-unsaturated/α-hetero) is 1. The van der Waals surface area contributed by atoms with E-state index < -0.39 is 17.7 Å². The molecule has 0 fully saturated rings. The molecule has 0 spiro atoms. The van der Waals surface area contributed by atoms with Crippen LogP contribution in [0.15, 0.2) is 0 Å². The molecule has 0 aromatic rings. The second-order valence-corrected chi connectivity index (χ2v) is 0.939. The second-order valence-electron chi connectivity index (χ2n) is 0.939. The van der Waals surface area contributed by atoms with E-state index in [0.717, 1.165) is 0 Å². The number of hydrogen-bond donors (Lipinski definition) is 2. The molecule has 0 aliphatic heterocycles. The number of carboxylic acids is 2. The van der Waals surface area contributed by atoms with E-state index >= 15 is 0 Å². The zero-order valence-electron chi connectivity index (χ0n) is 4.07. The zero-order valence-corrected chi connectivity index (χ0v) is 6.26. The molecule has 49 valence electrons. The van der Waals surface area contributed by atoms with Crippen LogP contribution in [0.2, 0.25) is 0 Å². The van der Waals surface area contributed by atoms with Gasteiger partial charge in [-0.25, -0.2) is 9.59 Å². The Balaban J connectivity index is 0. The summed E-state index contributed by atoms with van der Waals surface area (Å²) in [7, 11) is 0. The van der Waals surface area contributed by atoms with Gasteiger partial charge in [-0.15, -0.1) is 0 Å². The molecule has 0 saturated carbocycles. The van der Waals surface area contributed by atoms with E-state index in [-0.39, 0.29) is 22.4 Å². The van der Waals surface area contributed by atoms with E-state index in [1.54, 1.807) is 0 Å². The van der Waals surface area contributed by atoms with Gasteiger partial charge in [0.05, 0.1) is 0 Å². The monoisotopic (exact) mass is 211 g/mol. The molecule has 2 N–H and O–H groups in total. The summed E-state index contributed by atoms with van der Waals surface area (Å²) in [5.74, 6) is -5.71. The maximum atomic E-state index is 9.64. The predicted molar refractivity (Wildman–Crippen MR) is 20.3 cm³/mol. The van der Waals surface area contributed by atoms with Crippen molar-refractivity contribution in [3.63, 3.8) is 0 Å². The second kappa shape index (κ2) is 4.25. The molecule has 9 heavy (non-hydrogen) atoms. The minimum atomic E-state index is -1.95. The van der Waals surface area contributed by atoms with Gasteiger partial charge in [0.1, 0.15) is 0 Å². The summed E-state index contributed by atoms with van der Waals surface area (Å²) >= 11 is 0. The molecule has 0 aromatic carbocycles. The molecule has 6 heteroatoms. The Labute approximate surface area is 65.2 Å². The van der Waals surface area contributed by atoms with Gasteiger partial charge in [-0.1, -0.05) is 0 Å². The molecule has 0 unspecified atom stereocenters. The van der Waals surface area contributed by atoms with E-state index in [4.69, 9.17) is 10.2 Å². The molecular formula is C3H2NbO5. The quantitative estimate of drug-likeness (QED) is 0.337. The van der Waals surface area contributed by atoms with Crippen LogP contribution in [0.25, 0.3) is 0 Å². The molecule has 0 aliphatic rings. The van der Waals surface area contributed by atoms with Gasteiger partial charge in [0.25, 0.3) is 0 Å². The van der Waals surface area contributed by atoms with E-state index in [1.165, 1.54) is 0 Å². The summed E-state index contributed by atoms with van der Waals surface area (Å²) in [5, 5.41) is 15.2. The van der Waals surface area contributed by atoms with Crippen molar-refractivity contribution in [1.82, 2.24) is 0 Å².